The number of aromatic amines is 1. The highest BCUT2D eigenvalue weighted by Crippen LogP contribution is 2.29. The molecule has 4 nitrogen and oxygen atoms in total. The topological polar surface area (TPSA) is 56.9 Å². The fraction of sp³-hybridized carbons (Fsp3) is 0.278. The number of thiophene rings is 1. The van der Waals surface area contributed by atoms with Crippen LogP contribution in [-0.4, -0.2) is 17.4 Å². The van der Waals surface area contributed by atoms with Crippen molar-refractivity contribution >= 4 is 28.1 Å². The van der Waals surface area contributed by atoms with Gasteiger partial charge in [0.25, 0.3) is 5.91 Å². The number of H-pyrrole nitrogens is 1. The summed E-state index contributed by atoms with van der Waals surface area (Å²) in [4.78, 5) is 17.5. The highest BCUT2D eigenvalue weighted by atomic mass is 32.1. The molecule has 0 spiro atoms. The Balaban J connectivity index is 1.42. The zero-order chi connectivity index (χ0) is 16.5. The molecule has 4 rings (SSSR count). The van der Waals surface area contributed by atoms with Gasteiger partial charge in [-0.05, 0) is 55.8 Å². The van der Waals surface area contributed by atoms with Crippen LogP contribution in [0.4, 0.5) is 4.39 Å². The maximum absolute atomic E-state index is 13.2. The number of fused-ring (bicyclic) bond motifs is 1. The predicted octanol–water partition coefficient (Wildman–Crippen LogP) is 3.72. The highest BCUT2D eigenvalue weighted by molar-refractivity contribution is 7.14. The first-order valence-electron chi connectivity index (χ1n) is 8.07. The normalized spacial score (nSPS) is 17.5. The predicted molar refractivity (Wildman–Crippen MR) is 93.7 cm³/mol. The summed E-state index contributed by atoms with van der Waals surface area (Å²) in [6, 6.07) is 10.8. The number of hydrogen-bond acceptors (Lipinski definition) is 3. The lowest BCUT2D eigenvalue weighted by Gasteiger charge is -2.06. The zero-order valence-corrected chi connectivity index (χ0v) is 13.9. The molecule has 0 saturated carbocycles. The summed E-state index contributed by atoms with van der Waals surface area (Å²) in [5.41, 5.74) is 1.73. The van der Waals surface area contributed by atoms with E-state index in [1.807, 2.05) is 18.2 Å². The van der Waals surface area contributed by atoms with E-state index in [0.717, 1.165) is 34.4 Å². The van der Waals surface area contributed by atoms with Gasteiger partial charge in [0.15, 0.2) is 0 Å². The van der Waals surface area contributed by atoms with E-state index in [1.165, 1.54) is 23.4 Å². The Hall–Kier alpha value is -2.18. The van der Waals surface area contributed by atoms with E-state index in [0.29, 0.717) is 12.6 Å². The molecule has 3 aromatic rings. The molecule has 0 bridgehead atoms. The van der Waals surface area contributed by atoms with E-state index >= 15 is 0 Å². The van der Waals surface area contributed by atoms with Crippen molar-refractivity contribution in [3.8, 4) is 0 Å². The maximum Gasteiger partial charge on any atom is 0.261 e. The molecule has 3 N–H and O–H groups in total. The first-order valence-corrected chi connectivity index (χ1v) is 8.89. The number of carbonyl (C=O) groups excluding carboxylic acids is 1. The monoisotopic (exact) mass is 343 g/mol. The Bertz CT molecular complexity index is 879. The lowest BCUT2D eigenvalue weighted by Crippen LogP contribution is -2.21. The van der Waals surface area contributed by atoms with Gasteiger partial charge in [-0.15, -0.1) is 11.3 Å². The smallest absolute Gasteiger partial charge is 0.261 e. The Morgan fingerprint density at radius 2 is 2.21 bits per heavy atom. The van der Waals surface area contributed by atoms with Crippen LogP contribution < -0.4 is 10.6 Å². The molecule has 1 aliphatic rings. The third kappa shape index (κ3) is 3.07. The fourth-order valence-electron chi connectivity index (χ4n) is 3.11. The minimum Gasteiger partial charge on any atom is -0.357 e. The van der Waals surface area contributed by atoms with E-state index < -0.39 is 0 Å². The van der Waals surface area contributed by atoms with Gasteiger partial charge in [0.05, 0.1) is 11.4 Å². The number of hydrogen-bond donors (Lipinski definition) is 3. The van der Waals surface area contributed by atoms with Crippen molar-refractivity contribution in [1.82, 2.24) is 15.6 Å². The molecule has 0 aliphatic carbocycles. The molecular formula is C18H18FN3OS. The van der Waals surface area contributed by atoms with Crippen LogP contribution in [0.3, 0.4) is 0 Å². The van der Waals surface area contributed by atoms with E-state index in [2.05, 4.69) is 15.6 Å². The molecule has 6 heteroatoms. The van der Waals surface area contributed by atoms with Crippen LogP contribution >= 0.6 is 11.3 Å². The van der Waals surface area contributed by atoms with Gasteiger partial charge >= 0.3 is 0 Å². The zero-order valence-electron chi connectivity index (χ0n) is 13.1. The number of rotatable bonds is 4. The molecule has 3 heterocycles. The summed E-state index contributed by atoms with van der Waals surface area (Å²) in [6.45, 7) is 1.44. The maximum atomic E-state index is 13.2. The van der Waals surface area contributed by atoms with Gasteiger partial charge in [-0.25, -0.2) is 4.39 Å². The standard InChI is InChI=1S/C18H18FN3OS/c19-12-3-4-14-11(8-12)9-13(22-14)10-21-18(23)17-6-5-16(24-17)15-2-1-7-20-15/h3-6,8-9,15,20,22H,1-2,7,10H2,(H,21,23). The van der Waals surface area contributed by atoms with E-state index in [1.54, 1.807) is 17.4 Å². The second kappa shape index (κ2) is 6.37. The van der Waals surface area contributed by atoms with Crippen molar-refractivity contribution in [2.24, 2.45) is 0 Å². The number of benzene rings is 1. The van der Waals surface area contributed by atoms with Gasteiger partial charge in [0.1, 0.15) is 5.82 Å². The minimum absolute atomic E-state index is 0.0749. The molecule has 124 valence electrons. The summed E-state index contributed by atoms with van der Waals surface area (Å²) in [5.74, 6) is -0.335. The molecule has 1 aliphatic heterocycles. The van der Waals surface area contributed by atoms with Crippen molar-refractivity contribution in [3.05, 3.63) is 57.7 Å². The number of carbonyl (C=O) groups is 1. The third-order valence-corrected chi connectivity index (χ3v) is 5.53. The van der Waals surface area contributed by atoms with Crippen molar-refractivity contribution in [3.63, 3.8) is 0 Å². The molecule has 1 saturated heterocycles. The number of nitrogens with one attached hydrogen (secondary N) is 3. The summed E-state index contributed by atoms with van der Waals surface area (Å²) in [6.07, 6.45) is 2.32. The van der Waals surface area contributed by atoms with E-state index in [-0.39, 0.29) is 11.7 Å². The summed E-state index contributed by atoms with van der Waals surface area (Å²) in [5, 5.41) is 7.18. The van der Waals surface area contributed by atoms with Gasteiger partial charge < -0.3 is 15.6 Å². The van der Waals surface area contributed by atoms with Crippen LogP contribution in [0.25, 0.3) is 10.9 Å². The lowest BCUT2D eigenvalue weighted by atomic mass is 10.2. The third-order valence-electron chi connectivity index (χ3n) is 4.33. The van der Waals surface area contributed by atoms with Crippen LogP contribution in [0, 0.1) is 5.82 Å². The Morgan fingerprint density at radius 1 is 1.29 bits per heavy atom. The molecule has 1 fully saturated rings. The van der Waals surface area contributed by atoms with Crippen LogP contribution in [-0.2, 0) is 6.54 Å². The van der Waals surface area contributed by atoms with Crippen LogP contribution in [0.5, 0.6) is 0 Å². The van der Waals surface area contributed by atoms with Gasteiger partial charge in [-0.3, -0.25) is 4.79 Å². The Kier molecular flexibility index (Phi) is 4.08. The van der Waals surface area contributed by atoms with Crippen LogP contribution in [0.15, 0.2) is 36.4 Å². The van der Waals surface area contributed by atoms with E-state index in [4.69, 9.17) is 0 Å². The molecule has 2 aromatic heterocycles. The molecule has 1 unspecified atom stereocenters. The second-order valence-corrected chi connectivity index (χ2v) is 7.18. The van der Waals surface area contributed by atoms with Crippen LogP contribution in [0.2, 0.25) is 0 Å². The summed E-state index contributed by atoms with van der Waals surface area (Å²) >= 11 is 1.55. The largest absolute Gasteiger partial charge is 0.357 e. The fourth-order valence-corrected chi connectivity index (χ4v) is 4.15. The molecule has 1 aromatic carbocycles. The first-order chi connectivity index (χ1) is 11.7. The van der Waals surface area contributed by atoms with Crippen molar-refractivity contribution in [2.75, 3.05) is 6.54 Å². The molecular weight excluding hydrogens is 325 g/mol. The van der Waals surface area contributed by atoms with Gasteiger partial charge in [0.2, 0.25) is 0 Å². The van der Waals surface area contributed by atoms with Gasteiger partial charge in [0, 0.05) is 27.5 Å². The second-order valence-electron chi connectivity index (χ2n) is 6.06. The molecule has 1 atom stereocenters. The Labute approximate surface area is 143 Å². The molecule has 24 heavy (non-hydrogen) atoms. The Morgan fingerprint density at radius 3 is 3.04 bits per heavy atom. The number of halogens is 1. The van der Waals surface area contributed by atoms with Gasteiger partial charge in [-0.1, -0.05) is 0 Å². The SMILES string of the molecule is O=C(NCc1cc2cc(F)ccc2[nH]1)c1ccc(C2CCCN2)s1. The van der Waals surface area contributed by atoms with Crippen molar-refractivity contribution in [2.45, 2.75) is 25.4 Å². The van der Waals surface area contributed by atoms with Crippen LogP contribution in [0.1, 0.15) is 39.1 Å². The number of aromatic nitrogens is 1. The molecule has 1 amide bonds. The summed E-state index contributed by atoms with van der Waals surface area (Å²) in [7, 11) is 0. The highest BCUT2D eigenvalue weighted by Gasteiger charge is 2.19. The summed E-state index contributed by atoms with van der Waals surface area (Å²) < 4.78 is 13.2. The van der Waals surface area contributed by atoms with Crippen molar-refractivity contribution in [1.29, 1.82) is 0 Å². The van der Waals surface area contributed by atoms with Crippen molar-refractivity contribution < 1.29 is 9.18 Å². The average Bonchev–Trinajstić information content (AvgIpc) is 3.30. The van der Waals surface area contributed by atoms with Gasteiger partial charge in [-0.2, -0.15) is 0 Å². The lowest BCUT2D eigenvalue weighted by molar-refractivity contribution is 0.0954. The quantitative estimate of drug-likeness (QED) is 0.676. The number of amides is 1. The molecule has 0 radical (unpaired) electrons. The van der Waals surface area contributed by atoms with E-state index in [9.17, 15) is 9.18 Å². The minimum atomic E-state index is -0.260. The average molecular weight is 343 g/mol. The first kappa shape index (κ1) is 15.4.